The Kier molecular flexibility index (Phi) is 4.11. The van der Waals surface area contributed by atoms with Crippen molar-refractivity contribution in [1.29, 1.82) is 0 Å². The van der Waals surface area contributed by atoms with Crippen molar-refractivity contribution in [2.45, 2.75) is 6.92 Å². The number of aromatic amines is 1. The van der Waals surface area contributed by atoms with Crippen molar-refractivity contribution in [3.63, 3.8) is 0 Å². The topological polar surface area (TPSA) is 119 Å². The molecule has 2 aromatic heterocycles. The average Bonchev–Trinajstić information content (AvgIpc) is 3.28. The van der Waals surface area contributed by atoms with Gasteiger partial charge in [0.2, 0.25) is 5.95 Å². The van der Waals surface area contributed by atoms with Gasteiger partial charge in [0.25, 0.3) is 11.8 Å². The number of nitrogens with one attached hydrogen (secondary N) is 2. The molecule has 4 aromatic rings. The number of H-pyrrole nitrogens is 1. The molecule has 140 valence electrons. The number of carbonyl (C=O) groups excluding carboxylic acids is 2. The van der Waals surface area contributed by atoms with Crippen LogP contribution >= 0.6 is 0 Å². The summed E-state index contributed by atoms with van der Waals surface area (Å²) in [4.78, 5) is 36.2. The van der Waals surface area contributed by atoms with Crippen molar-refractivity contribution in [3.05, 3.63) is 71.6 Å². The normalized spacial score (nSPS) is 10.9. The zero-order valence-electron chi connectivity index (χ0n) is 14.7. The molecule has 0 spiro atoms. The lowest BCUT2D eigenvalue weighted by Crippen LogP contribution is -2.23. The lowest BCUT2D eigenvalue weighted by atomic mass is 10.2. The highest BCUT2D eigenvalue weighted by atomic mass is 19.1. The molecule has 2 amide bonds. The fraction of sp³-hybridized carbons (Fsp3) is 0.0526. The van der Waals surface area contributed by atoms with Gasteiger partial charge >= 0.3 is 0 Å². The number of amides is 2. The quantitative estimate of drug-likeness (QED) is 0.506. The fourth-order valence-electron chi connectivity index (χ4n) is 2.87. The molecule has 2 aromatic carbocycles. The van der Waals surface area contributed by atoms with Gasteiger partial charge in [-0.3, -0.25) is 14.2 Å². The van der Waals surface area contributed by atoms with Crippen LogP contribution in [0.4, 0.5) is 10.1 Å². The molecule has 0 saturated heterocycles. The van der Waals surface area contributed by atoms with Crippen molar-refractivity contribution < 1.29 is 14.0 Å². The van der Waals surface area contributed by atoms with E-state index in [4.69, 9.17) is 5.73 Å². The molecule has 0 aliphatic carbocycles. The molecule has 0 atom stereocenters. The van der Waals surface area contributed by atoms with E-state index in [1.54, 1.807) is 13.0 Å². The number of aryl methyl sites for hydroxylation is 1. The van der Waals surface area contributed by atoms with Crippen molar-refractivity contribution in [2.75, 3.05) is 5.32 Å². The maximum absolute atomic E-state index is 13.5. The summed E-state index contributed by atoms with van der Waals surface area (Å²) in [7, 11) is 0. The number of imidazole rings is 2. The minimum absolute atomic E-state index is 0.134. The van der Waals surface area contributed by atoms with Crippen LogP contribution in [-0.2, 0) is 0 Å². The van der Waals surface area contributed by atoms with Gasteiger partial charge in [-0.15, -0.1) is 0 Å². The molecular formula is C19H15FN6O2. The number of para-hydroxylation sites is 2. The minimum atomic E-state index is -0.848. The molecule has 0 aliphatic heterocycles. The Balaban J connectivity index is 1.75. The average molecular weight is 378 g/mol. The SMILES string of the molecule is Cc1ccc(F)cc1NC(=O)c1ncn(-c2nc3ccccc3[nH]2)c1C(N)=O. The molecular weight excluding hydrogens is 363 g/mol. The van der Waals surface area contributed by atoms with Crippen LogP contribution in [-0.4, -0.2) is 31.3 Å². The predicted molar refractivity (Wildman–Crippen MR) is 101 cm³/mol. The third-order valence-corrected chi connectivity index (χ3v) is 4.27. The molecule has 0 fully saturated rings. The summed E-state index contributed by atoms with van der Waals surface area (Å²) in [5.41, 5.74) is 7.55. The Morgan fingerprint density at radius 3 is 2.75 bits per heavy atom. The summed E-state index contributed by atoms with van der Waals surface area (Å²) in [6.45, 7) is 1.72. The van der Waals surface area contributed by atoms with Gasteiger partial charge in [-0.25, -0.2) is 14.4 Å². The Morgan fingerprint density at radius 2 is 2.00 bits per heavy atom. The van der Waals surface area contributed by atoms with Crippen LogP contribution in [0.1, 0.15) is 26.5 Å². The second-order valence-corrected chi connectivity index (χ2v) is 6.17. The summed E-state index contributed by atoms with van der Waals surface area (Å²) in [6, 6.07) is 11.3. The first-order valence-electron chi connectivity index (χ1n) is 8.34. The van der Waals surface area contributed by atoms with E-state index in [1.165, 1.54) is 29.1 Å². The molecule has 28 heavy (non-hydrogen) atoms. The number of anilines is 1. The van der Waals surface area contributed by atoms with Gasteiger partial charge in [-0.05, 0) is 36.8 Å². The van der Waals surface area contributed by atoms with E-state index in [1.807, 2.05) is 18.2 Å². The maximum Gasteiger partial charge on any atom is 0.276 e. The summed E-state index contributed by atoms with van der Waals surface area (Å²) >= 11 is 0. The van der Waals surface area contributed by atoms with Gasteiger partial charge in [-0.1, -0.05) is 18.2 Å². The number of hydrogen-bond acceptors (Lipinski definition) is 4. The summed E-state index contributed by atoms with van der Waals surface area (Å²) in [5.74, 6) is -1.73. The number of primary amides is 1. The fourth-order valence-corrected chi connectivity index (χ4v) is 2.87. The van der Waals surface area contributed by atoms with E-state index in [2.05, 4.69) is 20.3 Å². The maximum atomic E-state index is 13.5. The first-order valence-corrected chi connectivity index (χ1v) is 8.34. The number of aromatic nitrogens is 4. The van der Waals surface area contributed by atoms with Crippen LogP contribution in [0.2, 0.25) is 0 Å². The lowest BCUT2D eigenvalue weighted by Gasteiger charge is -2.08. The highest BCUT2D eigenvalue weighted by Gasteiger charge is 2.24. The van der Waals surface area contributed by atoms with Crippen molar-refractivity contribution in [1.82, 2.24) is 19.5 Å². The highest BCUT2D eigenvalue weighted by molar-refractivity contribution is 6.10. The molecule has 8 nitrogen and oxygen atoms in total. The number of carbonyl (C=O) groups is 2. The second kappa shape index (κ2) is 6.62. The Labute approximate surface area is 158 Å². The minimum Gasteiger partial charge on any atom is -0.364 e. The number of hydrogen-bond donors (Lipinski definition) is 3. The van der Waals surface area contributed by atoms with Gasteiger partial charge in [0.15, 0.2) is 5.69 Å². The van der Waals surface area contributed by atoms with E-state index in [0.29, 0.717) is 17.0 Å². The standard InChI is InChI=1S/C19H15FN6O2/c1-10-6-7-11(20)8-14(10)23-18(28)15-16(17(21)27)26(9-22-15)19-24-12-4-2-3-5-13(12)25-19/h2-9H,1H3,(H2,21,27)(H,23,28)(H,24,25). The van der Waals surface area contributed by atoms with Crippen molar-refractivity contribution in [2.24, 2.45) is 5.73 Å². The van der Waals surface area contributed by atoms with E-state index in [9.17, 15) is 14.0 Å². The van der Waals surface area contributed by atoms with Gasteiger partial charge < -0.3 is 16.0 Å². The van der Waals surface area contributed by atoms with Gasteiger partial charge in [0.1, 0.15) is 17.8 Å². The third kappa shape index (κ3) is 2.98. The zero-order valence-corrected chi connectivity index (χ0v) is 14.7. The van der Waals surface area contributed by atoms with E-state index in [0.717, 1.165) is 5.52 Å². The summed E-state index contributed by atoms with van der Waals surface area (Å²) < 4.78 is 14.8. The largest absolute Gasteiger partial charge is 0.364 e. The Bertz CT molecular complexity index is 1190. The molecule has 4 rings (SSSR count). The van der Waals surface area contributed by atoms with Gasteiger partial charge in [-0.2, -0.15) is 0 Å². The van der Waals surface area contributed by atoms with Crippen molar-refractivity contribution >= 4 is 28.5 Å². The van der Waals surface area contributed by atoms with Gasteiger partial charge in [0, 0.05) is 5.69 Å². The lowest BCUT2D eigenvalue weighted by molar-refractivity contribution is 0.0970. The van der Waals surface area contributed by atoms with E-state index >= 15 is 0 Å². The van der Waals surface area contributed by atoms with E-state index in [-0.39, 0.29) is 17.1 Å². The highest BCUT2D eigenvalue weighted by Crippen LogP contribution is 2.20. The molecule has 4 N–H and O–H groups in total. The van der Waals surface area contributed by atoms with Crippen molar-refractivity contribution in [3.8, 4) is 5.95 Å². The smallest absolute Gasteiger partial charge is 0.276 e. The Morgan fingerprint density at radius 1 is 1.21 bits per heavy atom. The number of nitrogens with two attached hydrogens (primary N) is 1. The van der Waals surface area contributed by atoms with Crippen LogP contribution in [0, 0.1) is 12.7 Å². The third-order valence-electron chi connectivity index (χ3n) is 4.27. The number of rotatable bonds is 4. The van der Waals surface area contributed by atoms with Crippen LogP contribution in [0.15, 0.2) is 48.8 Å². The number of benzene rings is 2. The Hall–Kier alpha value is -4.01. The molecule has 0 bridgehead atoms. The number of nitrogens with zero attached hydrogens (tertiary/aromatic N) is 3. The zero-order chi connectivity index (χ0) is 19.8. The number of fused-ring (bicyclic) bond motifs is 1. The molecule has 2 heterocycles. The first-order chi connectivity index (χ1) is 13.4. The number of halogens is 1. The van der Waals surface area contributed by atoms with Crippen LogP contribution in [0.25, 0.3) is 17.0 Å². The second-order valence-electron chi connectivity index (χ2n) is 6.17. The van der Waals surface area contributed by atoms with Crippen LogP contribution in [0.5, 0.6) is 0 Å². The predicted octanol–water partition coefficient (Wildman–Crippen LogP) is 2.55. The summed E-state index contributed by atoms with van der Waals surface area (Å²) in [5, 5.41) is 2.56. The molecule has 0 unspecified atom stereocenters. The van der Waals surface area contributed by atoms with E-state index < -0.39 is 17.6 Å². The molecule has 9 heteroatoms. The molecule has 0 radical (unpaired) electrons. The van der Waals surface area contributed by atoms with Crippen LogP contribution < -0.4 is 11.1 Å². The first kappa shape index (κ1) is 17.4. The molecule has 0 saturated carbocycles. The summed E-state index contributed by atoms with van der Waals surface area (Å²) in [6.07, 6.45) is 1.28. The molecule has 0 aliphatic rings. The van der Waals surface area contributed by atoms with Crippen LogP contribution in [0.3, 0.4) is 0 Å². The monoisotopic (exact) mass is 378 g/mol. The van der Waals surface area contributed by atoms with Gasteiger partial charge in [0.05, 0.1) is 11.0 Å².